The Morgan fingerprint density at radius 2 is 1.36 bits per heavy atom. The lowest BCUT2D eigenvalue weighted by Crippen LogP contribution is -2.09. The van der Waals surface area contributed by atoms with Crippen molar-refractivity contribution in [2.24, 2.45) is 0 Å². The smallest absolute Gasteiger partial charge is 0.141 e. The van der Waals surface area contributed by atoms with Gasteiger partial charge in [-0.15, -0.1) is 11.3 Å². The molecule has 0 aliphatic rings. The third kappa shape index (κ3) is 5.02. The van der Waals surface area contributed by atoms with Crippen LogP contribution in [0.25, 0.3) is 33.5 Å². The molecule has 2 heterocycles. The SMILES string of the molecule is N#Cc1ccc2c(-c3ccc(/C=C/c4ccc(N(c5ccccc5)c5ccccc5)cc4)s3)ccc(O)c2n1. The summed E-state index contributed by atoms with van der Waals surface area (Å²) < 4.78 is 0. The van der Waals surface area contributed by atoms with Gasteiger partial charge in [0.2, 0.25) is 0 Å². The number of benzene rings is 4. The van der Waals surface area contributed by atoms with Gasteiger partial charge in [0, 0.05) is 37.8 Å². The van der Waals surface area contributed by atoms with Crippen molar-refractivity contribution in [1.29, 1.82) is 5.26 Å². The van der Waals surface area contributed by atoms with Crippen LogP contribution >= 0.6 is 11.3 Å². The highest BCUT2D eigenvalue weighted by molar-refractivity contribution is 7.16. The third-order valence-corrected chi connectivity index (χ3v) is 7.55. The molecule has 0 unspecified atom stereocenters. The fraction of sp³-hybridized carbons (Fsp3) is 0. The number of phenols is 1. The molecule has 0 bridgehead atoms. The first-order valence-electron chi connectivity index (χ1n) is 12.5. The van der Waals surface area contributed by atoms with E-state index in [4.69, 9.17) is 0 Å². The van der Waals surface area contributed by atoms with Crippen molar-refractivity contribution in [3.8, 4) is 22.3 Å². The fourth-order valence-electron chi connectivity index (χ4n) is 4.58. The molecule has 5 heteroatoms. The predicted molar refractivity (Wildman–Crippen MR) is 161 cm³/mol. The molecule has 186 valence electrons. The number of hydrogen-bond donors (Lipinski definition) is 1. The van der Waals surface area contributed by atoms with Crippen molar-refractivity contribution < 1.29 is 5.11 Å². The van der Waals surface area contributed by atoms with E-state index in [9.17, 15) is 10.4 Å². The number of nitrogens with zero attached hydrogens (tertiary/aromatic N) is 3. The zero-order valence-electron chi connectivity index (χ0n) is 20.9. The Labute approximate surface area is 231 Å². The Morgan fingerprint density at radius 1 is 0.692 bits per heavy atom. The van der Waals surface area contributed by atoms with E-state index in [0.29, 0.717) is 5.52 Å². The van der Waals surface area contributed by atoms with Crippen LogP contribution in [0.1, 0.15) is 16.1 Å². The van der Waals surface area contributed by atoms with Gasteiger partial charge in [0.25, 0.3) is 0 Å². The van der Waals surface area contributed by atoms with Crippen LogP contribution in [0.5, 0.6) is 5.75 Å². The van der Waals surface area contributed by atoms with Gasteiger partial charge in [0.05, 0.1) is 0 Å². The lowest BCUT2D eigenvalue weighted by Gasteiger charge is -2.25. The molecule has 0 spiro atoms. The van der Waals surface area contributed by atoms with E-state index in [1.54, 1.807) is 23.5 Å². The number of hydrogen-bond acceptors (Lipinski definition) is 5. The molecule has 1 N–H and O–H groups in total. The number of anilines is 3. The van der Waals surface area contributed by atoms with Crippen LogP contribution in [-0.4, -0.2) is 10.1 Å². The largest absolute Gasteiger partial charge is 0.506 e. The van der Waals surface area contributed by atoms with Gasteiger partial charge >= 0.3 is 0 Å². The summed E-state index contributed by atoms with van der Waals surface area (Å²) in [5, 5.41) is 20.3. The Morgan fingerprint density at radius 3 is 2.03 bits per heavy atom. The van der Waals surface area contributed by atoms with Crippen molar-refractivity contribution in [1.82, 2.24) is 4.98 Å². The normalized spacial score (nSPS) is 11.1. The molecule has 4 aromatic carbocycles. The van der Waals surface area contributed by atoms with E-state index in [2.05, 4.69) is 107 Å². The van der Waals surface area contributed by atoms with Crippen molar-refractivity contribution >= 4 is 51.5 Å². The summed E-state index contributed by atoms with van der Waals surface area (Å²) in [5.41, 5.74) is 6.13. The summed E-state index contributed by atoms with van der Waals surface area (Å²) in [6.07, 6.45) is 4.23. The van der Waals surface area contributed by atoms with E-state index in [1.807, 2.05) is 30.3 Å². The first-order chi connectivity index (χ1) is 19.2. The van der Waals surface area contributed by atoms with Gasteiger partial charge in [-0.3, -0.25) is 0 Å². The second kappa shape index (κ2) is 10.7. The van der Waals surface area contributed by atoms with Gasteiger partial charge in [-0.2, -0.15) is 5.26 Å². The van der Waals surface area contributed by atoms with Gasteiger partial charge in [-0.1, -0.05) is 54.6 Å². The maximum absolute atomic E-state index is 10.3. The third-order valence-electron chi connectivity index (χ3n) is 6.46. The van der Waals surface area contributed by atoms with E-state index >= 15 is 0 Å². The molecule has 4 nitrogen and oxygen atoms in total. The van der Waals surface area contributed by atoms with Crippen LogP contribution in [0.4, 0.5) is 17.1 Å². The molecular weight excluding hydrogens is 498 g/mol. The molecule has 0 saturated heterocycles. The number of pyridine rings is 1. The first-order valence-corrected chi connectivity index (χ1v) is 13.3. The van der Waals surface area contributed by atoms with Gasteiger partial charge in [0.15, 0.2) is 0 Å². The summed E-state index contributed by atoms with van der Waals surface area (Å²) in [5.74, 6) is 0.0732. The molecule has 39 heavy (non-hydrogen) atoms. The summed E-state index contributed by atoms with van der Waals surface area (Å²) in [7, 11) is 0. The van der Waals surface area contributed by atoms with E-state index in [1.165, 1.54) is 0 Å². The highest BCUT2D eigenvalue weighted by Crippen LogP contribution is 2.37. The monoisotopic (exact) mass is 521 g/mol. The molecule has 0 radical (unpaired) electrons. The molecule has 0 fully saturated rings. The van der Waals surface area contributed by atoms with Crippen molar-refractivity contribution in [2.75, 3.05) is 4.90 Å². The lowest BCUT2D eigenvalue weighted by molar-refractivity contribution is 0.480. The number of fused-ring (bicyclic) bond motifs is 1. The average Bonchev–Trinajstić information content (AvgIpc) is 3.47. The van der Waals surface area contributed by atoms with Crippen molar-refractivity contribution in [2.45, 2.75) is 0 Å². The van der Waals surface area contributed by atoms with Crippen molar-refractivity contribution in [3.63, 3.8) is 0 Å². The number of thiophene rings is 1. The molecule has 6 rings (SSSR count). The first kappa shape index (κ1) is 24.2. The maximum atomic E-state index is 10.3. The van der Waals surface area contributed by atoms with Crippen LogP contribution in [-0.2, 0) is 0 Å². The van der Waals surface area contributed by atoms with Crippen LogP contribution < -0.4 is 4.90 Å². The average molecular weight is 522 g/mol. The minimum atomic E-state index is 0.0732. The van der Waals surface area contributed by atoms with E-state index < -0.39 is 0 Å². The minimum absolute atomic E-state index is 0.0732. The molecule has 0 aliphatic heterocycles. The number of nitriles is 1. The summed E-state index contributed by atoms with van der Waals surface area (Å²) in [6, 6.07) is 42.6. The number of aromatic nitrogens is 1. The van der Waals surface area contributed by atoms with Gasteiger partial charge in [-0.05, 0) is 84.4 Å². The molecule has 0 amide bonds. The van der Waals surface area contributed by atoms with E-state index in [0.717, 1.165) is 43.3 Å². The summed E-state index contributed by atoms with van der Waals surface area (Å²) >= 11 is 1.67. The molecule has 0 aliphatic carbocycles. The fourth-order valence-corrected chi connectivity index (χ4v) is 5.53. The zero-order chi connectivity index (χ0) is 26.6. The molecular formula is C34H23N3OS. The Hall–Kier alpha value is -5.18. The summed E-state index contributed by atoms with van der Waals surface area (Å²) in [6.45, 7) is 0. The highest BCUT2D eigenvalue weighted by Gasteiger charge is 2.13. The van der Waals surface area contributed by atoms with Gasteiger partial charge < -0.3 is 10.0 Å². The predicted octanol–water partition coefficient (Wildman–Crippen LogP) is 9.18. The highest BCUT2D eigenvalue weighted by atomic mass is 32.1. The standard InChI is InChI=1S/C34H23N3OS/c35-23-25-14-19-31-30(20-21-32(38)34(31)36-25)33-22-18-29(39-33)17-13-24-11-15-28(16-12-24)37(26-7-3-1-4-8-26)27-9-5-2-6-10-27/h1-22,38H/b17-13+. The lowest BCUT2D eigenvalue weighted by atomic mass is 10.1. The Balaban J connectivity index is 1.26. The van der Waals surface area contributed by atoms with Crippen LogP contribution in [0.2, 0.25) is 0 Å². The Bertz CT molecular complexity index is 1780. The second-order valence-corrected chi connectivity index (χ2v) is 10.1. The van der Waals surface area contributed by atoms with Gasteiger partial charge in [-0.25, -0.2) is 4.98 Å². The van der Waals surface area contributed by atoms with Gasteiger partial charge in [0.1, 0.15) is 23.0 Å². The second-order valence-electron chi connectivity index (χ2n) is 8.97. The van der Waals surface area contributed by atoms with Crippen LogP contribution in [0.3, 0.4) is 0 Å². The van der Waals surface area contributed by atoms with Crippen molar-refractivity contribution in [3.05, 3.63) is 137 Å². The Kier molecular flexibility index (Phi) is 6.61. The number of phenolic OH excluding ortho intramolecular Hbond substituents is 1. The van der Waals surface area contributed by atoms with E-state index in [-0.39, 0.29) is 11.4 Å². The number of para-hydroxylation sites is 2. The summed E-state index contributed by atoms with van der Waals surface area (Å²) in [4.78, 5) is 8.73. The minimum Gasteiger partial charge on any atom is -0.506 e. The molecule has 2 aromatic heterocycles. The molecule has 0 saturated carbocycles. The molecule has 6 aromatic rings. The van der Waals surface area contributed by atoms with Crippen LogP contribution in [0, 0.1) is 11.3 Å². The topological polar surface area (TPSA) is 60.2 Å². The number of aromatic hydroxyl groups is 1. The quantitative estimate of drug-likeness (QED) is 0.237. The zero-order valence-corrected chi connectivity index (χ0v) is 21.7. The molecule has 0 atom stereocenters. The number of rotatable bonds is 6. The maximum Gasteiger partial charge on any atom is 0.141 e. The van der Waals surface area contributed by atoms with Crippen LogP contribution in [0.15, 0.2) is 121 Å².